The van der Waals surface area contributed by atoms with E-state index in [0.29, 0.717) is 0 Å². The van der Waals surface area contributed by atoms with Crippen LogP contribution in [0.5, 0.6) is 0 Å². The maximum absolute atomic E-state index is 10.4. The van der Waals surface area contributed by atoms with E-state index >= 15 is 0 Å². The van der Waals surface area contributed by atoms with Gasteiger partial charge in [-0.2, -0.15) is 0 Å². The minimum absolute atomic E-state index is 0.277. The number of hydrogen-bond acceptors (Lipinski definition) is 3. The molecule has 0 aromatic heterocycles. The Morgan fingerprint density at radius 3 is 1.91 bits per heavy atom. The number of carboxylic acid groups (broad SMARTS) is 1. The van der Waals surface area contributed by atoms with Gasteiger partial charge >= 0.3 is 5.97 Å². The van der Waals surface area contributed by atoms with Crippen LogP contribution in [0, 0.1) is 5.92 Å². The van der Waals surface area contributed by atoms with Gasteiger partial charge in [0.2, 0.25) is 0 Å². The number of hydrogen-bond donors (Lipinski definition) is 3. The van der Waals surface area contributed by atoms with Crippen molar-refractivity contribution in [3.05, 3.63) is 0 Å². The Bertz CT molecular complexity index is 151. The highest BCUT2D eigenvalue weighted by molar-refractivity contribution is 5.77. The van der Waals surface area contributed by atoms with Gasteiger partial charge in [0.1, 0.15) is 0 Å². The summed E-state index contributed by atoms with van der Waals surface area (Å²) >= 11 is 0. The fourth-order valence-electron chi connectivity index (χ4n) is 0.776. The summed E-state index contributed by atoms with van der Waals surface area (Å²) in [6, 6.07) is 0. The number of carbonyl (C=O) groups is 1. The molecule has 0 rings (SSSR count). The topological polar surface area (TPSA) is 77.8 Å². The molecule has 0 amide bonds. The van der Waals surface area contributed by atoms with E-state index in [4.69, 9.17) is 5.11 Å². The molecular weight excluding hydrogens is 148 g/mol. The average molecular weight is 162 g/mol. The van der Waals surface area contributed by atoms with Gasteiger partial charge in [-0.15, -0.1) is 0 Å². The molecule has 0 heterocycles. The third-order valence-corrected chi connectivity index (χ3v) is 1.64. The number of aliphatic carboxylic acids is 1. The summed E-state index contributed by atoms with van der Waals surface area (Å²) in [7, 11) is 0. The van der Waals surface area contributed by atoms with E-state index < -0.39 is 17.7 Å². The molecule has 0 aliphatic rings. The van der Waals surface area contributed by atoms with Crippen molar-refractivity contribution in [2.24, 2.45) is 5.92 Å². The zero-order valence-corrected chi connectivity index (χ0v) is 6.90. The smallest absolute Gasteiger partial charge is 0.338 e. The molecule has 0 fully saturated rings. The monoisotopic (exact) mass is 162 g/mol. The Labute approximate surface area is 65.5 Å². The third kappa shape index (κ3) is 2.17. The summed E-state index contributed by atoms with van der Waals surface area (Å²) in [5, 5.41) is 26.8. The van der Waals surface area contributed by atoms with E-state index in [2.05, 4.69) is 0 Å². The van der Waals surface area contributed by atoms with Crippen LogP contribution in [0.1, 0.15) is 20.8 Å². The number of aliphatic hydroxyl groups is 2. The SMILES string of the molecule is CC(C)C(O)C(C)(O)C(=O)O. The molecule has 0 spiro atoms. The molecule has 0 saturated heterocycles. The van der Waals surface area contributed by atoms with Crippen LogP contribution in [0.15, 0.2) is 0 Å². The quantitative estimate of drug-likeness (QED) is 0.538. The van der Waals surface area contributed by atoms with Gasteiger partial charge in [0.05, 0.1) is 6.10 Å². The van der Waals surface area contributed by atoms with Gasteiger partial charge in [-0.3, -0.25) is 0 Å². The molecule has 0 aliphatic heterocycles. The maximum Gasteiger partial charge on any atom is 0.338 e. The van der Waals surface area contributed by atoms with Crippen molar-refractivity contribution in [1.29, 1.82) is 0 Å². The molecular formula is C7H14O4. The van der Waals surface area contributed by atoms with Crippen LogP contribution in [-0.2, 0) is 4.79 Å². The zero-order valence-electron chi connectivity index (χ0n) is 6.90. The highest BCUT2D eigenvalue weighted by atomic mass is 16.4. The molecule has 66 valence electrons. The lowest BCUT2D eigenvalue weighted by molar-refractivity contribution is -0.171. The van der Waals surface area contributed by atoms with Crippen molar-refractivity contribution in [2.75, 3.05) is 0 Å². The summed E-state index contributed by atoms with van der Waals surface area (Å²) < 4.78 is 0. The predicted molar refractivity (Wildman–Crippen MR) is 39.1 cm³/mol. The van der Waals surface area contributed by atoms with Gasteiger partial charge in [0.25, 0.3) is 0 Å². The maximum atomic E-state index is 10.4. The Kier molecular flexibility index (Phi) is 3.02. The molecule has 0 bridgehead atoms. The second kappa shape index (κ2) is 3.19. The van der Waals surface area contributed by atoms with Gasteiger partial charge in [-0.1, -0.05) is 13.8 Å². The van der Waals surface area contributed by atoms with Gasteiger partial charge in [0, 0.05) is 0 Å². The second-order valence-corrected chi connectivity index (χ2v) is 3.14. The molecule has 0 aromatic rings. The van der Waals surface area contributed by atoms with Gasteiger partial charge in [-0.05, 0) is 12.8 Å². The summed E-state index contributed by atoms with van der Waals surface area (Å²) in [5.74, 6) is -1.68. The van der Waals surface area contributed by atoms with Crippen LogP contribution >= 0.6 is 0 Å². The lowest BCUT2D eigenvalue weighted by Gasteiger charge is -2.27. The van der Waals surface area contributed by atoms with Crippen molar-refractivity contribution in [2.45, 2.75) is 32.5 Å². The van der Waals surface area contributed by atoms with Crippen molar-refractivity contribution < 1.29 is 20.1 Å². The largest absolute Gasteiger partial charge is 0.479 e. The normalized spacial score (nSPS) is 19.5. The van der Waals surface area contributed by atoms with Crippen LogP contribution in [0.4, 0.5) is 0 Å². The highest BCUT2D eigenvalue weighted by Crippen LogP contribution is 2.17. The van der Waals surface area contributed by atoms with Crippen LogP contribution in [0.2, 0.25) is 0 Å². The first-order chi connectivity index (χ1) is 4.80. The molecule has 0 radical (unpaired) electrons. The standard InChI is InChI=1S/C7H14O4/c1-4(2)5(8)7(3,11)6(9)10/h4-5,8,11H,1-3H3,(H,9,10). The molecule has 3 N–H and O–H groups in total. The summed E-state index contributed by atoms with van der Waals surface area (Å²) in [5.41, 5.74) is -2.05. The highest BCUT2D eigenvalue weighted by Gasteiger charge is 2.39. The molecule has 2 atom stereocenters. The Balaban J connectivity index is 4.42. The molecule has 0 saturated carbocycles. The Morgan fingerprint density at radius 1 is 1.45 bits per heavy atom. The van der Waals surface area contributed by atoms with E-state index in [1.165, 1.54) is 0 Å². The van der Waals surface area contributed by atoms with Crippen molar-refractivity contribution in [3.8, 4) is 0 Å². The molecule has 2 unspecified atom stereocenters. The molecule has 4 heteroatoms. The van der Waals surface area contributed by atoms with E-state index in [0.717, 1.165) is 6.92 Å². The summed E-state index contributed by atoms with van der Waals surface area (Å²) in [4.78, 5) is 10.4. The van der Waals surface area contributed by atoms with Crippen LogP contribution < -0.4 is 0 Å². The van der Waals surface area contributed by atoms with Crippen molar-refractivity contribution in [1.82, 2.24) is 0 Å². The van der Waals surface area contributed by atoms with Gasteiger partial charge in [0.15, 0.2) is 5.60 Å². The van der Waals surface area contributed by atoms with E-state index in [9.17, 15) is 15.0 Å². The molecule has 4 nitrogen and oxygen atoms in total. The van der Waals surface area contributed by atoms with E-state index in [1.807, 2.05) is 0 Å². The zero-order chi connectivity index (χ0) is 9.23. The fraction of sp³-hybridized carbons (Fsp3) is 0.857. The van der Waals surface area contributed by atoms with Gasteiger partial charge in [-0.25, -0.2) is 4.79 Å². The van der Waals surface area contributed by atoms with Crippen LogP contribution in [0.3, 0.4) is 0 Å². The molecule has 0 aliphatic carbocycles. The Morgan fingerprint density at radius 2 is 1.82 bits per heavy atom. The Hall–Kier alpha value is -0.610. The first kappa shape index (κ1) is 10.4. The first-order valence-corrected chi connectivity index (χ1v) is 3.44. The number of rotatable bonds is 3. The first-order valence-electron chi connectivity index (χ1n) is 3.44. The molecule has 0 aromatic carbocycles. The lowest BCUT2D eigenvalue weighted by atomic mass is 9.91. The fourth-order valence-corrected chi connectivity index (χ4v) is 0.776. The average Bonchev–Trinajstić information content (AvgIpc) is 1.85. The number of carboxylic acids is 1. The number of aliphatic hydroxyl groups excluding tert-OH is 1. The van der Waals surface area contributed by atoms with E-state index in [1.54, 1.807) is 13.8 Å². The molecule has 11 heavy (non-hydrogen) atoms. The third-order valence-electron chi connectivity index (χ3n) is 1.64. The lowest BCUT2D eigenvalue weighted by Crippen LogP contribution is -2.49. The summed E-state index contributed by atoms with van der Waals surface area (Å²) in [6.45, 7) is 4.37. The van der Waals surface area contributed by atoms with Crippen LogP contribution in [-0.4, -0.2) is 33.0 Å². The van der Waals surface area contributed by atoms with Gasteiger partial charge < -0.3 is 15.3 Å². The minimum atomic E-state index is -2.05. The second-order valence-electron chi connectivity index (χ2n) is 3.14. The van der Waals surface area contributed by atoms with E-state index in [-0.39, 0.29) is 5.92 Å². The minimum Gasteiger partial charge on any atom is -0.479 e. The summed E-state index contributed by atoms with van der Waals surface area (Å²) in [6.07, 6.45) is -1.24. The van der Waals surface area contributed by atoms with Crippen molar-refractivity contribution in [3.63, 3.8) is 0 Å². The predicted octanol–water partition coefficient (Wildman–Crippen LogP) is -0.161. The van der Waals surface area contributed by atoms with Crippen molar-refractivity contribution >= 4 is 5.97 Å². The van der Waals surface area contributed by atoms with Crippen LogP contribution in [0.25, 0.3) is 0 Å².